The number of benzene rings is 1. The van der Waals surface area contributed by atoms with Crippen molar-refractivity contribution in [1.82, 2.24) is 9.21 Å². The van der Waals surface area contributed by atoms with Crippen molar-refractivity contribution in [3.05, 3.63) is 29.3 Å². The van der Waals surface area contributed by atoms with E-state index >= 15 is 0 Å². The molecule has 1 aliphatic carbocycles. The second-order valence-electron chi connectivity index (χ2n) is 8.23. The highest BCUT2D eigenvalue weighted by molar-refractivity contribution is 7.89. The Balaban J connectivity index is 1.75. The minimum absolute atomic E-state index is 0.0121. The quantitative estimate of drug-likeness (QED) is 0.828. The molecule has 0 N–H and O–H groups in total. The van der Waals surface area contributed by atoms with E-state index < -0.39 is 10.0 Å². The standard InChI is InChI=1S/C19H28N2O3S/c1-14-13-16(19(2,3)4)7-8-17(14)25(23,24)21-11-9-20(10-12-21)18(22)15-5-6-15/h7-8,13,15H,5-6,9-12H2,1-4H3. The zero-order valence-corrected chi connectivity index (χ0v) is 16.4. The molecule has 1 saturated heterocycles. The summed E-state index contributed by atoms with van der Waals surface area (Å²) in [7, 11) is -3.51. The third-order valence-corrected chi connectivity index (χ3v) is 7.19. The molecule has 0 radical (unpaired) electrons. The van der Waals surface area contributed by atoms with Crippen LogP contribution in [0.4, 0.5) is 0 Å². The maximum absolute atomic E-state index is 13.0. The normalized spacial score (nSPS) is 19.9. The number of aryl methyl sites for hydroxylation is 1. The third-order valence-electron chi connectivity index (χ3n) is 5.14. The Morgan fingerprint density at radius 3 is 2.16 bits per heavy atom. The van der Waals surface area contributed by atoms with E-state index in [0.29, 0.717) is 31.1 Å². The van der Waals surface area contributed by atoms with Crippen LogP contribution in [0.2, 0.25) is 0 Å². The van der Waals surface area contributed by atoms with Crippen LogP contribution in [0.1, 0.15) is 44.7 Å². The Morgan fingerprint density at radius 2 is 1.68 bits per heavy atom. The van der Waals surface area contributed by atoms with Gasteiger partial charge < -0.3 is 4.90 Å². The lowest BCUT2D eigenvalue weighted by Gasteiger charge is -2.34. The first-order valence-electron chi connectivity index (χ1n) is 9.01. The van der Waals surface area contributed by atoms with Gasteiger partial charge in [-0.2, -0.15) is 4.31 Å². The van der Waals surface area contributed by atoms with Crippen molar-refractivity contribution in [1.29, 1.82) is 0 Å². The van der Waals surface area contributed by atoms with Gasteiger partial charge in [-0.25, -0.2) is 8.42 Å². The molecule has 0 aromatic heterocycles. The molecule has 5 nitrogen and oxygen atoms in total. The predicted molar refractivity (Wildman–Crippen MR) is 97.9 cm³/mol. The van der Waals surface area contributed by atoms with Gasteiger partial charge in [0.15, 0.2) is 0 Å². The van der Waals surface area contributed by atoms with E-state index in [1.807, 2.05) is 24.0 Å². The highest BCUT2D eigenvalue weighted by atomic mass is 32.2. The van der Waals surface area contributed by atoms with Gasteiger partial charge in [-0.3, -0.25) is 4.79 Å². The van der Waals surface area contributed by atoms with E-state index in [-0.39, 0.29) is 17.2 Å². The molecule has 2 fully saturated rings. The van der Waals surface area contributed by atoms with Crippen molar-refractivity contribution in [3.8, 4) is 0 Å². The number of rotatable bonds is 3. The van der Waals surface area contributed by atoms with Crippen LogP contribution < -0.4 is 0 Å². The van der Waals surface area contributed by atoms with Crippen molar-refractivity contribution in [3.63, 3.8) is 0 Å². The minimum Gasteiger partial charge on any atom is -0.340 e. The van der Waals surface area contributed by atoms with Crippen LogP contribution in [0.5, 0.6) is 0 Å². The summed E-state index contributed by atoms with van der Waals surface area (Å²) in [6.07, 6.45) is 1.97. The molecule has 6 heteroatoms. The molecular formula is C19H28N2O3S. The van der Waals surface area contributed by atoms with Crippen LogP contribution in [0.25, 0.3) is 0 Å². The SMILES string of the molecule is Cc1cc(C(C)(C)C)ccc1S(=O)(=O)N1CCN(C(=O)C2CC2)CC1. The summed E-state index contributed by atoms with van der Waals surface area (Å²) in [4.78, 5) is 14.3. The fourth-order valence-electron chi connectivity index (χ4n) is 3.28. The highest BCUT2D eigenvalue weighted by Gasteiger charge is 2.37. The fraction of sp³-hybridized carbons (Fsp3) is 0.632. The second-order valence-corrected chi connectivity index (χ2v) is 10.1. The van der Waals surface area contributed by atoms with Crippen LogP contribution in [0.15, 0.2) is 23.1 Å². The smallest absolute Gasteiger partial charge is 0.243 e. The summed E-state index contributed by atoms with van der Waals surface area (Å²) >= 11 is 0. The predicted octanol–water partition coefficient (Wildman–Crippen LogP) is 2.54. The van der Waals surface area contributed by atoms with Gasteiger partial charge in [0, 0.05) is 32.1 Å². The zero-order valence-electron chi connectivity index (χ0n) is 15.6. The van der Waals surface area contributed by atoms with E-state index in [9.17, 15) is 13.2 Å². The van der Waals surface area contributed by atoms with Crippen molar-refractivity contribution in [2.45, 2.75) is 50.8 Å². The molecule has 1 aromatic carbocycles. The Morgan fingerprint density at radius 1 is 1.08 bits per heavy atom. The highest BCUT2D eigenvalue weighted by Crippen LogP contribution is 2.32. The topological polar surface area (TPSA) is 57.7 Å². The molecule has 25 heavy (non-hydrogen) atoms. The molecule has 0 unspecified atom stereocenters. The monoisotopic (exact) mass is 364 g/mol. The van der Waals surface area contributed by atoms with Crippen LogP contribution in [-0.4, -0.2) is 49.7 Å². The number of carbonyl (C=O) groups is 1. The Kier molecular flexibility index (Phi) is 4.71. The van der Waals surface area contributed by atoms with Gasteiger partial charge >= 0.3 is 0 Å². The van der Waals surface area contributed by atoms with Gasteiger partial charge in [-0.15, -0.1) is 0 Å². The van der Waals surface area contributed by atoms with Crippen LogP contribution in [-0.2, 0) is 20.2 Å². The lowest BCUT2D eigenvalue weighted by molar-refractivity contribution is -0.133. The maximum atomic E-state index is 13.0. The Bertz CT molecular complexity index is 768. The lowest BCUT2D eigenvalue weighted by atomic mass is 9.86. The number of hydrogen-bond donors (Lipinski definition) is 0. The van der Waals surface area contributed by atoms with E-state index in [4.69, 9.17) is 0 Å². The van der Waals surface area contributed by atoms with E-state index in [1.165, 1.54) is 4.31 Å². The summed E-state index contributed by atoms with van der Waals surface area (Å²) in [6.45, 7) is 9.95. The summed E-state index contributed by atoms with van der Waals surface area (Å²) < 4.78 is 27.5. The molecule has 1 amide bonds. The minimum atomic E-state index is -3.51. The van der Waals surface area contributed by atoms with Gasteiger partial charge in [-0.1, -0.05) is 32.9 Å². The van der Waals surface area contributed by atoms with Crippen LogP contribution in [0, 0.1) is 12.8 Å². The number of hydrogen-bond acceptors (Lipinski definition) is 3. The average molecular weight is 365 g/mol. The maximum Gasteiger partial charge on any atom is 0.243 e. The average Bonchev–Trinajstić information content (AvgIpc) is 3.38. The van der Waals surface area contributed by atoms with Gasteiger partial charge in [0.2, 0.25) is 15.9 Å². The van der Waals surface area contributed by atoms with Gasteiger partial charge in [0.25, 0.3) is 0 Å². The summed E-state index contributed by atoms with van der Waals surface area (Å²) in [5.74, 6) is 0.387. The van der Waals surface area contributed by atoms with Gasteiger partial charge in [0.05, 0.1) is 4.90 Å². The third kappa shape index (κ3) is 3.75. The number of nitrogens with zero attached hydrogens (tertiary/aromatic N) is 2. The van der Waals surface area contributed by atoms with Crippen molar-refractivity contribution >= 4 is 15.9 Å². The Labute approximate surface area is 151 Å². The lowest BCUT2D eigenvalue weighted by Crippen LogP contribution is -2.51. The number of sulfonamides is 1. The zero-order chi connectivity index (χ0) is 18.4. The summed E-state index contributed by atoms with van der Waals surface area (Å²) in [6, 6.07) is 5.61. The molecular weight excluding hydrogens is 336 g/mol. The molecule has 0 spiro atoms. The first-order chi connectivity index (χ1) is 11.6. The molecule has 1 aliphatic heterocycles. The second kappa shape index (κ2) is 6.40. The summed E-state index contributed by atoms with van der Waals surface area (Å²) in [5.41, 5.74) is 1.90. The van der Waals surface area contributed by atoms with Crippen molar-refractivity contribution < 1.29 is 13.2 Å². The fourth-order valence-corrected chi connectivity index (χ4v) is 4.91. The number of piperazine rings is 1. The molecule has 3 rings (SSSR count). The van der Waals surface area contributed by atoms with Crippen LogP contribution in [0.3, 0.4) is 0 Å². The van der Waals surface area contributed by atoms with Crippen LogP contribution >= 0.6 is 0 Å². The molecule has 1 heterocycles. The largest absolute Gasteiger partial charge is 0.340 e. The molecule has 1 saturated carbocycles. The van der Waals surface area contributed by atoms with E-state index in [1.54, 1.807) is 6.07 Å². The number of carbonyl (C=O) groups excluding carboxylic acids is 1. The number of amides is 1. The Hall–Kier alpha value is -1.40. The van der Waals surface area contributed by atoms with Crippen molar-refractivity contribution in [2.75, 3.05) is 26.2 Å². The first kappa shape index (κ1) is 18.4. The molecule has 138 valence electrons. The summed E-state index contributed by atoms with van der Waals surface area (Å²) in [5, 5.41) is 0. The van der Waals surface area contributed by atoms with E-state index in [0.717, 1.165) is 24.0 Å². The first-order valence-corrected chi connectivity index (χ1v) is 10.4. The van der Waals surface area contributed by atoms with E-state index in [2.05, 4.69) is 20.8 Å². The molecule has 1 aromatic rings. The van der Waals surface area contributed by atoms with Gasteiger partial charge in [-0.05, 0) is 42.4 Å². The molecule has 0 bridgehead atoms. The molecule has 0 atom stereocenters. The molecule has 2 aliphatic rings. The van der Waals surface area contributed by atoms with Gasteiger partial charge in [0.1, 0.15) is 0 Å². The van der Waals surface area contributed by atoms with Crippen molar-refractivity contribution in [2.24, 2.45) is 5.92 Å².